The second-order valence-corrected chi connectivity index (χ2v) is 10.6. The molecule has 12 nitrogen and oxygen atoms in total. The van der Waals surface area contributed by atoms with E-state index in [2.05, 4.69) is 32.1 Å². The number of fused-ring (bicyclic) bond motifs is 1. The van der Waals surface area contributed by atoms with Crippen molar-refractivity contribution in [1.82, 2.24) is 24.0 Å². The number of ether oxygens (including phenoxy) is 1. The summed E-state index contributed by atoms with van der Waals surface area (Å²) in [6.45, 7) is 4.99. The lowest BCUT2D eigenvalue weighted by Gasteiger charge is -2.26. The van der Waals surface area contributed by atoms with Crippen molar-refractivity contribution in [3.8, 4) is 11.6 Å². The van der Waals surface area contributed by atoms with Crippen molar-refractivity contribution in [2.24, 2.45) is 0 Å². The molecule has 12 heteroatoms. The first-order chi connectivity index (χ1) is 20.2. The van der Waals surface area contributed by atoms with E-state index in [1.807, 2.05) is 44.2 Å². The first kappa shape index (κ1) is 28.8. The minimum atomic E-state index is -0.345. The van der Waals surface area contributed by atoms with E-state index in [0.717, 1.165) is 36.2 Å². The molecule has 2 aromatic carbocycles. The molecule has 3 N–H and O–H groups in total. The van der Waals surface area contributed by atoms with E-state index in [9.17, 15) is 14.7 Å². The smallest absolute Gasteiger partial charge is 0.335 e. The van der Waals surface area contributed by atoms with Crippen molar-refractivity contribution in [2.45, 2.75) is 25.5 Å². The van der Waals surface area contributed by atoms with Crippen LogP contribution in [0.2, 0.25) is 0 Å². The van der Waals surface area contributed by atoms with Crippen LogP contribution in [0.3, 0.4) is 0 Å². The number of nitrogens with zero attached hydrogens (tertiary/aromatic N) is 6. The van der Waals surface area contributed by atoms with Gasteiger partial charge in [-0.1, -0.05) is 12.6 Å². The fraction of sp³-hybridized carbons (Fsp3) is 0.333. The van der Waals surface area contributed by atoms with Gasteiger partial charge in [0.25, 0.3) is 0 Å². The number of benzene rings is 2. The summed E-state index contributed by atoms with van der Waals surface area (Å²) in [5.74, 6) is 0.818. The second kappa shape index (κ2) is 12.0. The summed E-state index contributed by atoms with van der Waals surface area (Å²) in [6, 6.07) is 10.9. The molecule has 0 unspecified atom stereocenters. The Morgan fingerprint density at radius 1 is 1.14 bits per heavy atom. The molecule has 0 bridgehead atoms. The Hall–Kier alpha value is -4.68. The summed E-state index contributed by atoms with van der Waals surface area (Å²) in [7, 11) is 7.51. The van der Waals surface area contributed by atoms with Gasteiger partial charge in [-0.05, 0) is 56.8 Å². The second-order valence-electron chi connectivity index (χ2n) is 10.6. The summed E-state index contributed by atoms with van der Waals surface area (Å²) in [5.41, 5.74) is 3.87. The number of amides is 1. The molecule has 5 rings (SSSR count). The number of aliphatic hydroxyl groups is 1. The topological polar surface area (TPSA) is 130 Å². The number of aliphatic hydroxyl groups excluding tert-OH is 1. The molecule has 0 radical (unpaired) electrons. The molecule has 1 saturated carbocycles. The van der Waals surface area contributed by atoms with Crippen molar-refractivity contribution in [2.75, 3.05) is 56.9 Å². The van der Waals surface area contributed by atoms with Gasteiger partial charge in [-0.2, -0.15) is 4.98 Å². The van der Waals surface area contributed by atoms with Gasteiger partial charge >= 0.3 is 5.69 Å². The van der Waals surface area contributed by atoms with E-state index in [-0.39, 0.29) is 30.2 Å². The van der Waals surface area contributed by atoms with E-state index in [1.54, 1.807) is 40.6 Å². The summed E-state index contributed by atoms with van der Waals surface area (Å²) in [5, 5.41) is 15.8. The van der Waals surface area contributed by atoms with E-state index in [0.29, 0.717) is 35.0 Å². The zero-order chi connectivity index (χ0) is 30.0. The number of carbonyl (C=O) groups excluding carboxylic acids is 1. The van der Waals surface area contributed by atoms with Crippen molar-refractivity contribution >= 4 is 40.0 Å². The predicted octanol–water partition coefficient (Wildman–Crippen LogP) is 3.28. The van der Waals surface area contributed by atoms with Crippen LogP contribution >= 0.6 is 0 Å². The number of nitrogens with one attached hydrogen (secondary N) is 2. The Labute approximate surface area is 243 Å². The quantitative estimate of drug-likeness (QED) is 0.219. The predicted molar refractivity (Wildman–Crippen MR) is 164 cm³/mol. The zero-order valence-electron chi connectivity index (χ0n) is 24.3. The van der Waals surface area contributed by atoms with E-state index in [4.69, 9.17) is 4.74 Å². The molecule has 0 spiro atoms. The molecule has 1 aliphatic carbocycles. The van der Waals surface area contributed by atoms with Gasteiger partial charge in [0.05, 0.1) is 41.8 Å². The third-order valence-electron chi connectivity index (χ3n) is 7.20. The Balaban J connectivity index is 1.54. The number of methoxy groups -OCH3 is 1. The van der Waals surface area contributed by atoms with Gasteiger partial charge in [0.1, 0.15) is 11.6 Å². The maximum absolute atomic E-state index is 13.6. The van der Waals surface area contributed by atoms with Crippen LogP contribution < -0.4 is 26.0 Å². The van der Waals surface area contributed by atoms with Gasteiger partial charge < -0.3 is 30.3 Å². The van der Waals surface area contributed by atoms with Crippen LogP contribution in [0.15, 0.2) is 60.0 Å². The Kier molecular flexibility index (Phi) is 8.27. The lowest BCUT2D eigenvalue weighted by molar-refractivity contribution is -0.111. The fourth-order valence-electron chi connectivity index (χ4n) is 4.83. The SMILES string of the molecule is C=CC(=O)Nc1cc(Nc2nccc(-n3c(=O)n(C4CC4)c4cc(CO)ccc43)n2)c(OC)cc1N(C)CCN(C)C. The van der Waals surface area contributed by atoms with Crippen LogP contribution in [0.1, 0.15) is 24.4 Å². The first-order valence-electron chi connectivity index (χ1n) is 13.7. The maximum Gasteiger partial charge on any atom is 0.335 e. The lowest BCUT2D eigenvalue weighted by Crippen LogP contribution is -2.29. The molecule has 0 atom stereocenters. The zero-order valence-corrected chi connectivity index (χ0v) is 24.3. The lowest BCUT2D eigenvalue weighted by atomic mass is 10.2. The number of likely N-dealkylation sites (N-methyl/N-ethyl adjacent to an activating group) is 2. The van der Waals surface area contributed by atoms with Gasteiger partial charge in [0.15, 0.2) is 0 Å². The van der Waals surface area contributed by atoms with Gasteiger partial charge in [-0.3, -0.25) is 9.36 Å². The Bertz CT molecular complexity index is 1690. The highest BCUT2D eigenvalue weighted by Crippen LogP contribution is 2.39. The summed E-state index contributed by atoms with van der Waals surface area (Å²) < 4.78 is 9.05. The minimum absolute atomic E-state index is 0.108. The van der Waals surface area contributed by atoms with Gasteiger partial charge in [-0.15, -0.1) is 0 Å². The number of carbonyl (C=O) groups is 1. The van der Waals surface area contributed by atoms with Crippen LogP contribution in [-0.4, -0.2) is 76.4 Å². The Morgan fingerprint density at radius 3 is 2.60 bits per heavy atom. The number of hydrogen-bond donors (Lipinski definition) is 3. The molecule has 1 amide bonds. The van der Waals surface area contributed by atoms with Crippen LogP contribution in [-0.2, 0) is 11.4 Å². The van der Waals surface area contributed by atoms with E-state index in [1.165, 1.54) is 6.08 Å². The molecule has 220 valence electrons. The van der Waals surface area contributed by atoms with Crippen molar-refractivity contribution < 1.29 is 14.6 Å². The molecule has 2 aromatic heterocycles. The summed E-state index contributed by atoms with van der Waals surface area (Å²) in [6.07, 6.45) is 4.66. The molecular formula is C30H36N8O4. The minimum Gasteiger partial charge on any atom is -0.494 e. The standard InChI is InChI=1S/C30H36N8O4/c1-6-28(40)32-21-16-22(26(42-5)17-24(21)36(4)14-13-35(2)3)33-29-31-12-11-27(34-29)38-23-10-7-19(18-39)15-25(23)37(30(38)41)20-8-9-20/h6-7,10-12,15-17,20,39H,1,8-9,13-14,18H2,2-5H3,(H,32,40)(H,31,33,34). The van der Waals surface area contributed by atoms with Gasteiger partial charge in [0, 0.05) is 44.5 Å². The molecule has 4 aromatic rings. The Morgan fingerprint density at radius 2 is 1.93 bits per heavy atom. The van der Waals surface area contributed by atoms with Crippen molar-refractivity contribution in [3.63, 3.8) is 0 Å². The molecule has 0 aliphatic heterocycles. The number of imidazole rings is 1. The molecule has 42 heavy (non-hydrogen) atoms. The normalized spacial score (nSPS) is 12.9. The number of aromatic nitrogens is 4. The highest BCUT2D eigenvalue weighted by atomic mass is 16.5. The third-order valence-corrected chi connectivity index (χ3v) is 7.20. The summed E-state index contributed by atoms with van der Waals surface area (Å²) in [4.78, 5) is 39.1. The molecule has 1 aliphatic rings. The summed E-state index contributed by atoms with van der Waals surface area (Å²) >= 11 is 0. The molecular weight excluding hydrogens is 536 g/mol. The van der Waals surface area contributed by atoms with Crippen LogP contribution in [0.5, 0.6) is 5.75 Å². The van der Waals surface area contributed by atoms with Crippen molar-refractivity contribution in [1.29, 1.82) is 0 Å². The highest BCUT2D eigenvalue weighted by molar-refractivity contribution is 6.02. The highest BCUT2D eigenvalue weighted by Gasteiger charge is 2.29. The average molecular weight is 573 g/mol. The largest absolute Gasteiger partial charge is 0.494 e. The maximum atomic E-state index is 13.6. The van der Waals surface area contributed by atoms with Crippen LogP contribution in [0.4, 0.5) is 23.0 Å². The third kappa shape index (κ3) is 5.85. The van der Waals surface area contributed by atoms with Gasteiger partial charge in [-0.25, -0.2) is 14.3 Å². The van der Waals surface area contributed by atoms with Crippen LogP contribution in [0, 0.1) is 0 Å². The first-order valence-corrected chi connectivity index (χ1v) is 13.7. The number of hydrogen-bond acceptors (Lipinski definition) is 9. The number of rotatable bonds is 12. The van der Waals surface area contributed by atoms with E-state index >= 15 is 0 Å². The van der Waals surface area contributed by atoms with Gasteiger partial charge in [0.2, 0.25) is 11.9 Å². The van der Waals surface area contributed by atoms with Crippen LogP contribution in [0.25, 0.3) is 16.9 Å². The monoisotopic (exact) mass is 572 g/mol. The number of anilines is 4. The fourth-order valence-corrected chi connectivity index (χ4v) is 4.83. The van der Waals surface area contributed by atoms with E-state index < -0.39 is 0 Å². The molecule has 0 saturated heterocycles. The van der Waals surface area contributed by atoms with Crippen molar-refractivity contribution in [3.05, 3.63) is 71.3 Å². The molecule has 2 heterocycles. The average Bonchev–Trinajstić information content (AvgIpc) is 3.77. The molecule has 1 fully saturated rings.